The van der Waals surface area contributed by atoms with Crippen LogP contribution in [0.1, 0.15) is 11.1 Å². The molecule has 3 aromatic carbocycles. The van der Waals surface area contributed by atoms with E-state index in [9.17, 15) is 21.6 Å². The number of sulfonamides is 2. The van der Waals surface area contributed by atoms with Crippen LogP contribution in [0.3, 0.4) is 0 Å². The first-order valence-electron chi connectivity index (χ1n) is 10.9. The Morgan fingerprint density at radius 3 is 2.00 bits per heavy atom. The van der Waals surface area contributed by atoms with Crippen molar-refractivity contribution in [1.29, 1.82) is 0 Å². The quantitative estimate of drug-likeness (QED) is 0.447. The number of carbonyl (C=O) groups is 1. The molecular weight excluding hydrogens is 486 g/mol. The summed E-state index contributed by atoms with van der Waals surface area (Å²) < 4.78 is 53.9. The SMILES string of the molecule is Cc1ccc(S(=O)(=O)N(C)C)cc1NC(=O)CN(CCc1ccccc1)S(=O)(=O)c1ccccc1. The molecule has 8 nitrogen and oxygen atoms in total. The normalized spacial score (nSPS) is 12.1. The van der Waals surface area contributed by atoms with Crippen LogP contribution in [-0.4, -0.2) is 58.5 Å². The van der Waals surface area contributed by atoms with E-state index < -0.39 is 32.5 Å². The monoisotopic (exact) mass is 515 g/mol. The molecule has 0 aliphatic carbocycles. The smallest absolute Gasteiger partial charge is 0.243 e. The summed E-state index contributed by atoms with van der Waals surface area (Å²) in [6.45, 7) is 1.41. The van der Waals surface area contributed by atoms with E-state index in [4.69, 9.17) is 0 Å². The molecule has 3 rings (SSSR count). The molecule has 35 heavy (non-hydrogen) atoms. The van der Waals surface area contributed by atoms with Crippen LogP contribution < -0.4 is 5.32 Å². The van der Waals surface area contributed by atoms with Gasteiger partial charge in [0.25, 0.3) is 0 Å². The van der Waals surface area contributed by atoms with Crippen LogP contribution >= 0.6 is 0 Å². The van der Waals surface area contributed by atoms with Crippen LogP contribution in [0.2, 0.25) is 0 Å². The van der Waals surface area contributed by atoms with E-state index in [-0.39, 0.29) is 16.3 Å². The van der Waals surface area contributed by atoms with Crippen molar-refractivity contribution in [3.05, 3.63) is 90.0 Å². The van der Waals surface area contributed by atoms with Crippen LogP contribution in [0, 0.1) is 6.92 Å². The van der Waals surface area contributed by atoms with Gasteiger partial charge in [0.2, 0.25) is 26.0 Å². The van der Waals surface area contributed by atoms with Crippen LogP contribution in [0.5, 0.6) is 0 Å². The molecule has 186 valence electrons. The Labute approximate surface area is 207 Å². The molecule has 0 bridgehead atoms. The van der Waals surface area contributed by atoms with Crippen molar-refractivity contribution in [3.8, 4) is 0 Å². The minimum atomic E-state index is -3.94. The molecule has 3 aromatic rings. The third-order valence-corrected chi connectivity index (χ3v) is 9.13. The summed E-state index contributed by atoms with van der Waals surface area (Å²) in [6, 6.07) is 21.8. The van der Waals surface area contributed by atoms with Crippen LogP contribution in [0.4, 0.5) is 5.69 Å². The molecule has 0 saturated heterocycles. The molecule has 0 unspecified atom stereocenters. The van der Waals surface area contributed by atoms with Crippen molar-refractivity contribution in [2.24, 2.45) is 0 Å². The number of nitrogens with one attached hydrogen (secondary N) is 1. The highest BCUT2D eigenvalue weighted by atomic mass is 32.2. The minimum absolute atomic E-state index is 0.0289. The highest BCUT2D eigenvalue weighted by Crippen LogP contribution is 2.23. The second kappa shape index (κ2) is 11.1. The molecule has 0 aliphatic rings. The summed E-state index contributed by atoms with van der Waals surface area (Å²) in [6.07, 6.45) is 0.426. The standard InChI is InChI=1S/C25H29N3O5S2/c1-20-14-15-23(34(30,31)27(2)3)18-24(20)26-25(29)19-28(17-16-21-10-6-4-7-11-21)35(32,33)22-12-8-5-9-13-22/h4-15,18H,16-17,19H2,1-3H3,(H,26,29). The van der Waals surface area contributed by atoms with Gasteiger partial charge < -0.3 is 5.32 Å². The van der Waals surface area contributed by atoms with Gasteiger partial charge in [-0.3, -0.25) is 4.79 Å². The van der Waals surface area contributed by atoms with Gasteiger partial charge in [-0.05, 0) is 48.7 Å². The number of aryl methyl sites for hydroxylation is 1. The minimum Gasteiger partial charge on any atom is -0.325 e. The first kappa shape index (κ1) is 26.6. The van der Waals surface area contributed by atoms with E-state index in [1.54, 1.807) is 31.2 Å². The zero-order valence-electron chi connectivity index (χ0n) is 19.9. The Bertz CT molecular complexity index is 1380. The molecule has 0 aromatic heterocycles. The summed E-state index contributed by atoms with van der Waals surface area (Å²) in [5, 5.41) is 2.69. The van der Waals surface area contributed by atoms with E-state index in [1.165, 1.54) is 38.4 Å². The second-order valence-corrected chi connectivity index (χ2v) is 12.3. The molecule has 10 heteroatoms. The second-order valence-electron chi connectivity index (χ2n) is 8.20. The molecular formula is C25H29N3O5S2. The maximum atomic E-state index is 13.3. The Kier molecular flexibility index (Phi) is 8.44. The average Bonchev–Trinajstić information content (AvgIpc) is 2.84. The molecule has 0 heterocycles. The maximum absolute atomic E-state index is 13.3. The molecule has 0 saturated carbocycles. The van der Waals surface area contributed by atoms with Gasteiger partial charge in [-0.1, -0.05) is 54.6 Å². The third kappa shape index (κ3) is 6.55. The fraction of sp³-hybridized carbons (Fsp3) is 0.240. The van der Waals surface area contributed by atoms with Crippen molar-refractivity contribution in [2.45, 2.75) is 23.1 Å². The summed E-state index contributed by atoms with van der Waals surface area (Å²) >= 11 is 0. The summed E-state index contributed by atoms with van der Waals surface area (Å²) in [4.78, 5) is 13.1. The Morgan fingerprint density at radius 1 is 0.800 bits per heavy atom. The zero-order valence-corrected chi connectivity index (χ0v) is 21.5. The lowest BCUT2D eigenvalue weighted by atomic mass is 10.1. The van der Waals surface area contributed by atoms with E-state index >= 15 is 0 Å². The van der Waals surface area contributed by atoms with Crippen LogP contribution in [-0.2, 0) is 31.3 Å². The number of nitrogens with zero attached hydrogens (tertiary/aromatic N) is 2. The number of hydrogen-bond donors (Lipinski definition) is 1. The molecule has 0 spiro atoms. The molecule has 1 amide bonds. The average molecular weight is 516 g/mol. The van der Waals surface area contributed by atoms with E-state index in [0.29, 0.717) is 17.7 Å². The lowest BCUT2D eigenvalue weighted by Gasteiger charge is -2.22. The zero-order chi connectivity index (χ0) is 25.6. The summed E-state index contributed by atoms with van der Waals surface area (Å²) in [5.74, 6) is -0.569. The van der Waals surface area contributed by atoms with Gasteiger partial charge in [0, 0.05) is 26.3 Å². The van der Waals surface area contributed by atoms with Gasteiger partial charge in [-0.25, -0.2) is 21.1 Å². The number of rotatable bonds is 10. The number of anilines is 1. The van der Waals surface area contributed by atoms with Crippen molar-refractivity contribution in [3.63, 3.8) is 0 Å². The Balaban J connectivity index is 1.85. The maximum Gasteiger partial charge on any atom is 0.243 e. The number of carbonyl (C=O) groups excluding carboxylic acids is 1. The van der Waals surface area contributed by atoms with Crippen molar-refractivity contribution in [1.82, 2.24) is 8.61 Å². The van der Waals surface area contributed by atoms with Crippen molar-refractivity contribution in [2.75, 3.05) is 32.5 Å². The molecule has 0 aliphatic heterocycles. The van der Waals surface area contributed by atoms with E-state index in [2.05, 4.69) is 5.32 Å². The van der Waals surface area contributed by atoms with Gasteiger partial charge in [-0.2, -0.15) is 4.31 Å². The van der Waals surface area contributed by atoms with Gasteiger partial charge in [0.05, 0.1) is 16.3 Å². The largest absolute Gasteiger partial charge is 0.325 e. The first-order chi connectivity index (χ1) is 16.5. The molecule has 0 fully saturated rings. The first-order valence-corrected chi connectivity index (χ1v) is 13.8. The third-order valence-electron chi connectivity index (χ3n) is 5.46. The summed E-state index contributed by atoms with van der Waals surface area (Å²) in [5.41, 5.74) is 1.90. The fourth-order valence-electron chi connectivity index (χ4n) is 3.38. The van der Waals surface area contributed by atoms with Gasteiger partial charge >= 0.3 is 0 Å². The topological polar surface area (TPSA) is 104 Å². The predicted octanol–water partition coefficient (Wildman–Crippen LogP) is 3.12. The highest BCUT2D eigenvalue weighted by molar-refractivity contribution is 7.89. The van der Waals surface area contributed by atoms with Crippen LogP contribution in [0.15, 0.2) is 88.7 Å². The van der Waals surface area contributed by atoms with Gasteiger partial charge in [0.15, 0.2) is 0 Å². The summed E-state index contributed by atoms with van der Waals surface area (Å²) in [7, 11) is -4.79. The van der Waals surface area contributed by atoms with Crippen molar-refractivity contribution < 1.29 is 21.6 Å². The Hall–Kier alpha value is -3.05. The number of benzene rings is 3. The van der Waals surface area contributed by atoms with Crippen LogP contribution in [0.25, 0.3) is 0 Å². The predicted molar refractivity (Wildman–Crippen MR) is 136 cm³/mol. The molecule has 0 radical (unpaired) electrons. The molecule has 1 N–H and O–H groups in total. The van der Waals surface area contributed by atoms with E-state index in [1.807, 2.05) is 30.3 Å². The Morgan fingerprint density at radius 2 is 1.40 bits per heavy atom. The molecule has 0 atom stereocenters. The fourth-order valence-corrected chi connectivity index (χ4v) is 5.73. The lowest BCUT2D eigenvalue weighted by Crippen LogP contribution is -2.39. The van der Waals surface area contributed by atoms with Crippen molar-refractivity contribution >= 4 is 31.6 Å². The number of amides is 1. The highest BCUT2D eigenvalue weighted by Gasteiger charge is 2.27. The number of hydrogen-bond acceptors (Lipinski definition) is 5. The van der Waals surface area contributed by atoms with Gasteiger partial charge in [-0.15, -0.1) is 0 Å². The van der Waals surface area contributed by atoms with Gasteiger partial charge in [0.1, 0.15) is 0 Å². The lowest BCUT2D eigenvalue weighted by molar-refractivity contribution is -0.116. The van der Waals surface area contributed by atoms with E-state index in [0.717, 1.165) is 14.2 Å².